The lowest BCUT2D eigenvalue weighted by atomic mass is 10.1. The highest BCUT2D eigenvalue weighted by Crippen LogP contribution is 2.23. The Hall–Kier alpha value is -0.900. The summed E-state index contributed by atoms with van der Waals surface area (Å²) in [7, 11) is 0. The molecule has 0 saturated heterocycles. The lowest BCUT2D eigenvalue weighted by Gasteiger charge is -2.02. The number of hydrogen-bond donors (Lipinski definition) is 2. The smallest absolute Gasteiger partial charge is 0.0351 e. The number of thiol groups is 1. The summed E-state index contributed by atoms with van der Waals surface area (Å²) in [4.78, 5) is 1.81. The standard InChI is InChI=1S/C12H10OS2/c13-15-12-7-3-10(4-8-12)9-1-5-11(14)6-2-9/h1-8,13-14H. The van der Waals surface area contributed by atoms with E-state index >= 15 is 0 Å². The minimum Gasteiger partial charge on any atom is -0.325 e. The average Bonchev–Trinajstić information content (AvgIpc) is 2.30. The number of rotatable bonds is 2. The zero-order valence-corrected chi connectivity index (χ0v) is 9.63. The molecule has 76 valence electrons. The highest BCUT2D eigenvalue weighted by Gasteiger charge is 1.97. The Kier molecular flexibility index (Phi) is 3.36. The van der Waals surface area contributed by atoms with Gasteiger partial charge in [0.15, 0.2) is 0 Å². The second kappa shape index (κ2) is 4.75. The van der Waals surface area contributed by atoms with Crippen molar-refractivity contribution in [3.8, 4) is 11.1 Å². The van der Waals surface area contributed by atoms with Crippen molar-refractivity contribution in [3.05, 3.63) is 48.5 Å². The summed E-state index contributed by atoms with van der Waals surface area (Å²) in [5.74, 6) is 0. The molecule has 0 aliphatic heterocycles. The van der Waals surface area contributed by atoms with Gasteiger partial charge in [-0.3, -0.25) is 0 Å². The molecule has 0 aliphatic rings. The molecule has 0 heterocycles. The van der Waals surface area contributed by atoms with Gasteiger partial charge in [0.05, 0.1) is 0 Å². The molecule has 0 radical (unpaired) electrons. The maximum Gasteiger partial charge on any atom is 0.0351 e. The van der Waals surface area contributed by atoms with E-state index in [1.807, 2.05) is 48.5 Å². The van der Waals surface area contributed by atoms with E-state index in [2.05, 4.69) is 12.6 Å². The summed E-state index contributed by atoms with van der Waals surface area (Å²) < 4.78 is 8.84. The quantitative estimate of drug-likeness (QED) is 0.599. The first-order valence-corrected chi connectivity index (χ1v) is 5.72. The van der Waals surface area contributed by atoms with Crippen LogP contribution in [0.1, 0.15) is 0 Å². The van der Waals surface area contributed by atoms with Gasteiger partial charge in [0.1, 0.15) is 0 Å². The molecule has 0 fully saturated rings. The van der Waals surface area contributed by atoms with Gasteiger partial charge in [-0.25, -0.2) is 0 Å². The molecule has 2 rings (SSSR count). The molecule has 0 spiro atoms. The Balaban J connectivity index is 2.33. The maximum absolute atomic E-state index is 8.84. The van der Waals surface area contributed by atoms with Crippen LogP contribution in [0.3, 0.4) is 0 Å². The minimum absolute atomic E-state index is 0.763. The highest BCUT2D eigenvalue weighted by atomic mass is 32.2. The van der Waals surface area contributed by atoms with Crippen molar-refractivity contribution in [1.29, 1.82) is 0 Å². The van der Waals surface area contributed by atoms with Gasteiger partial charge >= 0.3 is 0 Å². The molecule has 1 N–H and O–H groups in total. The van der Waals surface area contributed by atoms with Gasteiger partial charge in [0.25, 0.3) is 0 Å². The third-order valence-corrected chi connectivity index (χ3v) is 2.94. The van der Waals surface area contributed by atoms with Crippen molar-refractivity contribution in [1.82, 2.24) is 0 Å². The summed E-state index contributed by atoms with van der Waals surface area (Å²) in [5, 5.41) is 0. The topological polar surface area (TPSA) is 20.2 Å². The number of benzene rings is 2. The van der Waals surface area contributed by atoms with Gasteiger partial charge in [-0.15, -0.1) is 12.6 Å². The van der Waals surface area contributed by atoms with Crippen molar-refractivity contribution < 1.29 is 4.55 Å². The van der Waals surface area contributed by atoms with E-state index in [4.69, 9.17) is 4.55 Å². The molecule has 0 unspecified atom stereocenters. The molecule has 2 aromatic carbocycles. The van der Waals surface area contributed by atoms with Crippen LogP contribution in [0, 0.1) is 0 Å². The minimum atomic E-state index is 0.763. The normalized spacial score (nSPS) is 10.3. The SMILES string of the molecule is OSc1ccc(-c2ccc(S)cc2)cc1. The molecule has 15 heavy (non-hydrogen) atoms. The Morgan fingerprint density at radius 2 is 1.27 bits per heavy atom. The second-order valence-electron chi connectivity index (χ2n) is 3.16. The van der Waals surface area contributed by atoms with Crippen LogP contribution in [0.2, 0.25) is 0 Å². The van der Waals surface area contributed by atoms with Gasteiger partial charge in [0.2, 0.25) is 0 Å². The Bertz CT molecular complexity index is 434. The molecule has 0 atom stereocenters. The van der Waals surface area contributed by atoms with E-state index in [0.717, 1.165) is 33.0 Å². The molecular formula is C12H10OS2. The maximum atomic E-state index is 8.84. The van der Waals surface area contributed by atoms with E-state index in [1.54, 1.807) is 0 Å². The second-order valence-corrected chi connectivity index (χ2v) is 4.33. The molecular weight excluding hydrogens is 224 g/mol. The van der Waals surface area contributed by atoms with E-state index in [1.165, 1.54) is 0 Å². The Labute approximate surface area is 98.8 Å². The first-order valence-electron chi connectivity index (χ1n) is 4.50. The fourth-order valence-electron chi connectivity index (χ4n) is 1.36. The van der Waals surface area contributed by atoms with Gasteiger partial charge in [0, 0.05) is 21.8 Å². The zero-order chi connectivity index (χ0) is 10.7. The monoisotopic (exact) mass is 234 g/mol. The predicted octanol–water partition coefficient (Wildman–Crippen LogP) is 4.21. The summed E-state index contributed by atoms with van der Waals surface area (Å²) in [6.45, 7) is 0. The van der Waals surface area contributed by atoms with Crippen LogP contribution in [0.4, 0.5) is 0 Å². The van der Waals surface area contributed by atoms with Crippen LogP contribution in [-0.2, 0) is 0 Å². The van der Waals surface area contributed by atoms with Crippen molar-refractivity contribution in [2.45, 2.75) is 9.79 Å². The largest absolute Gasteiger partial charge is 0.325 e. The molecule has 2 aromatic rings. The van der Waals surface area contributed by atoms with Gasteiger partial charge < -0.3 is 4.55 Å². The number of hydrogen-bond acceptors (Lipinski definition) is 3. The van der Waals surface area contributed by atoms with Gasteiger partial charge in [-0.1, -0.05) is 24.3 Å². The van der Waals surface area contributed by atoms with Crippen LogP contribution in [0.5, 0.6) is 0 Å². The van der Waals surface area contributed by atoms with Crippen LogP contribution in [-0.4, -0.2) is 4.55 Å². The molecule has 0 aliphatic carbocycles. The van der Waals surface area contributed by atoms with Gasteiger partial charge in [-0.05, 0) is 35.4 Å². The van der Waals surface area contributed by atoms with Crippen molar-refractivity contribution in [3.63, 3.8) is 0 Å². The van der Waals surface area contributed by atoms with E-state index in [9.17, 15) is 0 Å². The molecule has 1 nitrogen and oxygen atoms in total. The van der Waals surface area contributed by atoms with E-state index in [0.29, 0.717) is 0 Å². The van der Waals surface area contributed by atoms with Gasteiger partial charge in [-0.2, -0.15) is 0 Å². The van der Waals surface area contributed by atoms with E-state index < -0.39 is 0 Å². The van der Waals surface area contributed by atoms with Crippen LogP contribution in [0.15, 0.2) is 58.3 Å². The summed E-state index contributed by atoms with van der Waals surface area (Å²) in [6, 6.07) is 15.8. The predicted molar refractivity (Wildman–Crippen MR) is 67.6 cm³/mol. The summed E-state index contributed by atoms with van der Waals surface area (Å²) >= 11 is 5.00. The highest BCUT2D eigenvalue weighted by molar-refractivity contribution is 7.93. The van der Waals surface area contributed by atoms with Crippen molar-refractivity contribution in [2.75, 3.05) is 0 Å². The van der Waals surface area contributed by atoms with Crippen LogP contribution >= 0.6 is 24.7 Å². The van der Waals surface area contributed by atoms with Crippen molar-refractivity contribution in [2.24, 2.45) is 0 Å². The summed E-state index contributed by atoms with van der Waals surface area (Å²) in [5.41, 5.74) is 2.29. The Morgan fingerprint density at radius 3 is 1.73 bits per heavy atom. The lowest BCUT2D eigenvalue weighted by Crippen LogP contribution is -1.77. The lowest BCUT2D eigenvalue weighted by molar-refractivity contribution is 0.664. The summed E-state index contributed by atoms with van der Waals surface area (Å²) in [6.07, 6.45) is 0. The first kappa shape index (κ1) is 10.6. The third-order valence-electron chi connectivity index (χ3n) is 2.16. The fourth-order valence-corrected chi connectivity index (χ4v) is 1.77. The molecule has 0 aromatic heterocycles. The first-order chi connectivity index (χ1) is 7.29. The fraction of sp³-hybridized carbons (Fsp3) is 0. The molecule has 3 heteroatoms. The van der Waals surface area contributed by atoms with Crippen molar-refractivity contribution >= 4 is 24.7 Å². The van der Waals surface area contributed by atoms with Crippen LogP contribution in [0.25, 0.3) is 11.1 Å². The average molecular weight is 234 g/mol. The molecule has 0 amide bonds. The third kappa shape index (κ3) is 2.56. The Morgan fingerprint density at radius 1 is 0.800 bits per heavy atom. The zero-order valence-electron chi connectivity index (χ0n) is 7.92. The van der Waals surface area contributed by atoms with Crippen LogP contribution < -0.4 is 0 Å². The molecule has 0 bridgehead atoms. The molecule has 0 saturated carbocycles. The van der Waals surface area contributed by atoms with E-state index in [-0.39, 0.29) is 0 Å².